The van der Waals surface area contributed by atoms with Crippen LogP contribution in [0.25, 0.3) is 22.3 Å². The number of rotatable bonds is 2. The van der Waals surface area contributed by atoms with Crippen molar-refractivity contribution >= 4 is 41.9 Å². The van der Waals surface area contributed by atoms with Gasteiger partial charge in [0.25, 0.3) is 5.56 Å². The lowest BCUT2D eigenvalue weighted by atomic mass is 10.1. The second kappa shape index (κ2) is 10.7. The van der Waals surface area contributed by atoms with Gasteiger partial charge in [0, 0.05) is 6.42 Å². The molecule has 7 rings (SSSR count). The van der Waals surface area contributed by atoms with E-state index < -0.39 is 88.3 Å². The fourth-order valence-electron chi connectivity index (χ4n) is 5.57. The van der Waals surface area contributed by atoms with E-state index in [1.165, 1.54) is 10.9 Å². The van der Waals surface area contributed by atoms with Crippen LogP contribution in [0.2, 0.25) is 0 Å². The molecule has 2 bridgehead atoms. The largest absolute Gasteiger partial charge is 0.472 e. The molecule has 7 heterocycles. The maximum Gasteiger partial charge on any atom is 0.472 e. The van der Waals surface area contributed by atoms with E-state index in [-0.39, 0.29) is 34.1 Å². The van der Waals surface area contributed by atoms with Crippen molar-refractivity contribution in [2.75, 3.05) is 24.7 Å². The van der Waals surface area contributed by atoms with Crippen LogP contribution in [0.15, 0.2) is 23.8 Å². The predicted octanol–water partition coefficient (Wildman–Crippen LogP) is -0.753. The minimum Gasteiger partial charge on any atom is -0.391 e. The van der Waals surface area contributed by atoms with Crippen molar-refractivity contribution in [2.24, 2.45) is 0 Å². The van der Waals surface area contributed by atoms with Crippen LogP contribution in [-0.2, 0) is 27.8 Å². The summed E-state index contributed by atoms with van der Waals surface area (Å²) in [5.74, 6) is -0.212. The highest BCUT2D eigenvalue weighted by atomic mass is 31.2. The zero-order chi connectivity index (χ0) is 30.9. The van der Waals surface area contributed by atoms with Gasteiger partial charge in [0.1, 0.15) is 30.2 Å². The summed E-state index contributed by atoms with van der Waals surface area (Å²) in [6, 6.07) is 0. The molecule has 19 nitrogen and oxygen atoms in total. The first kappa shape index (κ1) is 29.0. The Bertz CT molecular complexity index is 1820. The number of halogens is 2. The number of fused-ring (bicyclic) bond motifs is 5. The molecule has 3 saturated heterocycles. The van der Waals surface area contributed by atoms with Crippen molar-refractivity contribution in [2.45, 2.75) is 61.7 Å². The topological polar surface area (TPSA) is 263 Å². The number of nitrogens with zero attached hydrogens (tertiary/aromatic N) is 7. The molecule has 236 valence electrons. The molecular formula is C22H25F2N10O9P. The zero-order valence-electron chi connectivity index (χ0n) is 22.3. The Balaban J connectivity index is 1.18. The number of nitrogen functional groups attached to an aromatic ring is 2. The van der Waals surface area contributed by atoms with Crippen LogP contribution >= 0.6 is 7.82 Å². The Morgan fingerprint density at radius 2 is 1.68 bits per heavy atom. The van der Waals surface area contributed by atoms with Gasteiger partial charge in [-0.25, -0.2) is 33.3 Å². The standard InChI is InChI=1S/C22H25F2N10O9P/c23-10-8-1-7(35)2-39-14-9(42-20(11(14)24)33-5-29-12-16(25)27-4-28-17(12)33)3-40-44(37,38)43-15(10)21(41-8)34-6-30-13-18(34)31-22(26)32-19(13)36/h4-11,14-15,20-21,35H,1-3H2,(H,37,38)(H2,25,27,28)(H3,26,31,32,36). The molecule has 0 aromatic carbocycles. The second-order valence-electron chi connectivity index (χ2n) is 10.4. The summed E-state index contributed by atoms with van der Waals surface area (Å²) >= 11 is 0. The lowest BCUT2D eigenvalue weighted by Gasteiger charge is -2.25. The third-order valence-corrected chi connectivity index (χ3v) is 8.54. The molecule has 0 saturated carbocycles. The number of phosphoric ester groups is 1. The average Bonchev–Trinajstić information content (AvgIpc) is 3.72. The van der Waals surface area contributed by atoms with Crippen molar-refractivity contribution in [3.05, 3.63) is 29.3 Å². The first-order valence-corrected chi connectivity index (χ1v) is 14.7. The quantitative estimate of drug-likeness (QED) is 0.168. The number of ether oxygens (including phenoxy) is 3. The van der Waals surface area contributed by atoms with Crippen molar-refractivity contribution in [1.82, 2.24) is 39.0 Å². The Labute approximate surface area is 243 Å². The Hall–Kier alpha value is -3.69. The smallest absolute Gasteiger partial charge is 0.391 e. The number of aromatic nitrogens is 8. The highest BCUT2D eigenvalue weighted by molar-refractivity contribution is 7.47. The van der Waals surface area contributed by atoms with Crippen LogP contribution in [-0.4, -0.2) is 105 Å². The summed E-state index contributed by atoms with van der Waals surface area (Å²) in [5.41, 5.74) is 10.9. The number of imidazole rings is 2. The lowest BCUT2D eigenvalue weighted by Crippen LogP contribution is -2.37. The third kappa shape index (κ3) is 4.90. The van der Waals surface area contributed by atoms with Gasteiger partial charge < -0.3 is 35.7 Å². The number of aromatic amines is 1. The van der Waals surface area contributed by atoms with Gasteiger partial charge in [-0.05, 0) is 0 Å². The number of nitrogens with two attached hydrogens (primary N) is 2. The number of hydrogen-bond donors (Lipinski definition) is 5. The summed E-state index contributed by atoms with van der Waals surface area (Å²) in [7, 11) is -5.11. The van der Waals surface area contributed by atoms with E-state index in [0.717, 1.165) is 17.2 Å². The minimum atomic E-state index is -5.11. The van der Waals surface area contributed by atoms with Gasteiger partial charge >= 0.3 is 7.82 Å². The number of H-pyrrole nitrogens is 1. The summed E-state index contributed by atoms with van der Waals surface area (Å²) < 4.78 is 74.8. The molecule has 7 N–H and O–H groups in total. The number of aliphatic hydroxyl groups is 1. The van der Waals surface area contributed by atoms with E-state index in [1.807, 2.05) is 0 Å². The molecule has 3 fully saturated rings. The molecule has 3 aliphatic heterocycles. The van der Waals surface area contributed by atoms with Gasteiger partial charge in [0.05, 0.1) is 38.1 Å². The lowest BCUT2D eigenvalue weighted by molar-refractivity contribution is -0.0938. The molecule has 10 unspecified atom stereocenters. The van der Waals surface area contributed by atoms with Crippen molar-refractivity contribution in [3.63, 3.8) is 0 Å². The monoisotopic (exact) mass is 642 g/mol. The fourth-order valence-corrected chi connectivity index (χ4v) is 6.49. The number of anilines is 2. The first-order valence-electron chi connectivity index (χ1n) is 13.2. The minimum absolute atomic E-state index is 0.0573. The number of hydrogen-bond acceptors (Lipinski definition) is 15. The molecular weight excluding hydrogens is 617 g/mol. The van der Waals surface area contributed by atoms with E-state index in [2.05, 4.69) is 29.9 Å². The number of aliphatic hydroxyl groups excluding tert-OH is 1. The van der Waals surface area contributed by atoms with Gasteiger partial charge in [0.2, 0.25) is 5.95 Å². The predicted molar refractivity (Wildman–Crippen MR) is 141 cm³/mol. The van der Waals surface area contributed by atoms with Crippen LogP contribution in [0.1, 0.15) is 18.9 Å². The molecule has 0 amide bonds. The van der Waals surface area contributed by atoms with E-state index in [0.29, 0.717) is 0 Å². The molecule has 4 aromatic heterocycles. The molecule has 0 aliphatic carbocycles. The van der Waals surface area contributed by atoms with Crippen LogP contribution in [0.3, 0.4) is 0 Å². The molecule has 22 heteroatoms. The van der Waals surface area contributed by atoms with Gasteiger partial charge in [0.15, 0.2) is 47.4 Å². The van der Waals surface area contributed by atoms with E-state index >= 15 is 8.78 Å². The molecule has 0 radical (unpaired) electrons. The second-order valence-corrected chi connectivity index (χ2v) is 11.8. The van der Waals surface area contributed by atoms with Crippen LogP contribution < -0.4 is 17.0 Å². The molecule has 0 spiro atoms. The fraction of sp³-hybridized carbons (Fsp3) is 0.545. The number of nitrogens with one attached hydrogen (secondary N) is 1. The van der Waals surface area contributed by atoms with Crippen LogP contribution in [0, 0.1) is 0 Å². The van der Waals surface area contributed by atoms with Crippen LogP contribution in [0.5, 0.6) is 0 Å². The Kier molecular flexibility index (Phi) is 7.09. The highest BCUT2D eigenvalue weighted by Crippen LogP contribution is 2.51. The van der Waals surface area contributed by atoms with Crippen molar-refractivity contribution in [1.29, 1.82) is 0 Å². The molecule has 3 aliphatic rings. The SMILES string of the molecule is Nc1nc2c(ncn2C2OC3CC(O)COC4C(COP(=O)(O)OC2C3F)OC(n2cnc3c(N)ncnc32)C4F)c(=O)[nH]1. The molecule has 10 atom stereocenters. The third-order valence-electron chi connectivity index (χ3n) is 7.56. The molecule has 4 aromatic rings. The maximum absolute atomic E-state index is 15.8. The van der Waals surface area contributed by atoms with E-state index in [1.54, 1.807) is 0 Å². The maximum atomic E-state index is 15.8. The summed E-state index contributed by atoms with van der Waals surface area (Å²) in [6.45, 7) is -1.23. The first-order chi connectivity index (χ1) is 21.0. The Morgan fingerprint density at radius 3 is 2.48 bits per heavy atom. The summed E-state index contributed by atoms with van der Waals surface area (Å²) in [5, 5.41) is 10.7. The number of alkyl halides is 2. The van der Waals surface area contributed by atoms with Gasteiger partial charge in [-0.1, -0.05) is 0 Å². The molecule has 44 heavy (non-hydrogen) atoms. The van der Waals surface area contributed by atoms with Gasteiger partial charge in [-0.3, -0.25) is 28.0 Å². The summed E-state index contributed by atoms with van der Waals surface area (Å²) in [6.07, 6.45) is -11.1. The van der Waals surface area contributed by atoms with E-state index in [4.69, 9.17) is 34.7 Å². The van der Waals surface area contributed by atoms with Gasteiger partial charge in [-0.15, -0.1) is 0 Å². The van der Waals surface area contributed by atoms with Gasteiger partial charge in [-0.2, -0.15) is 4.98 Å². The summed E-state index contributed by atoms with van der Waals surface area (Å²) in [4.78, 5) is 45.2. The van der Waals surface area contributed by atoms with Crippen LogP contribution in [0.4, 0.5) is 20.5 Å². The highest BCUT2D eigenvalue weighted by Gasteiger charge is 2.53. The van der Waals surface area contributed by atoms with E-state index in [9.17, 15) is 19.4 Å². The van der Waals surface area contributed by atoms with Crippen molar-refractivity contribution in [3.8, 4) is 0 Å². The van der Waals surface area contributed by atoms with Crippen molar-refractivity contribution < 1.29 is 46.6 Å². The average molecular weight is 642 g/mol. The Morgan fingerprint density at radius 1 is 0.955 bits per heavy atom. The zero-order valence-corrected chi connectivity index (χ0v) is 23.2. The normalized spacial score (nSPS) is 36.6. The number of phosphoric acid groups is 1.